The van der Waals surface area contributed by atoms with Crippen molar-refractivity contribution in [2.75, 3.05) is 0 Å². The van der Waals surface area contributed by atoms with Gasteiger partial charge >= 0.3 is 0 Å². The average Bonchev–Trinajstić information content (AvgIpc) is 2.79. The van der Waals surface area contributed by atoms with Crippen LogP contribution in [0.5, 0.6) is 0 Å². The van der Waals surface area contributed by atoms with Crippen LogP contribution in [-0.2, 0) is 22.6 Å². The van der Waals surface area contributed by atoms with Crippen LogP contribution >= 0.6 is 23.2 Å². The second-order valence-corrected chi connectivity index (χ2v) is 9.09. The third kappa shape index (κ3) is 6.98. The quantitative estimate of drug-likeness (QED) is 0.541. The number of halogens is 2. The van der Waals surface area contributed by atoms with Gasteiger partial charge in [-0.1, -0.05) is 78.9 Å². The lowest BCUT2D eigenvalue weighted by Crippen LogP contribution is -2.50. The average molecular weight is 461 g/mol. The molecule has 31 heavy (non-hydrogen) atoms. The summed E-state index contributed by atoms with van der Waals surface area (Å²) in [5.74, 6) is -0.152. The fourth-order valence-electron chi connectivity index (χ4n) is 4.03. The van der Waals surface area contributed by atoms with E-state index in [1.54, 1.807) is 24.0 Å². The van der Waals surface area contributed by atoms with Crippen molar-refractivity contribution >= 4 is 35.0 Å². The molecule has 0 bridgehead atoms. The molecule has 1 unspecified atom stereocenters. The molecule has 1 aliphatic rings. The highest BCUT2D eigenvalue weighted by atomic mass is 35.5. The Morgan fingerprint density at radius 2 is 1.71 bits per heavy atom. The van der Waals surface area contributed by atoms with Crippen molar-refractivity contribution in [3.63, 3.8) is 0 Å². The third-order valence-corrected chi connectivity index (χ3v) is 6.67. The first-order valence-corrected chi connectivity index (χ1v) is 11.8. The van der Waals surface area contributed by atoms with Crippen LogP contribution in [0.4, 0.5) is 0 Å². The standard InChI is InChI=1S/C25H30Cl2N2O2/c1-18(25(31)28-21-10-6-3-7-11-21)29(17-20-12-14-22(26)23(27)16-20)24(30)15-13-19-8-4-2-5-9-19/h2,4-5,8-9,12,14,16,18,21H,3,6-7,10-11,13,15,17H2,1H3,(H,28,31). The molecule has 1 atom stereocenters. The molecule has 0 saturated heterocycles. The second-order valence-electron chi connectivity index (χ2n) is 8.28. The van der Waals surface area contributed by atoms with Gasteiger partial charge in [-0.25, -0.2) is 0 Å². The highest BCUT2D eigenvalue weighted by molar-refractivity contribution is 6.42. The number of benzene rings is 2. The molecule has 2 aromatic rings. The fourth-order valence-corrected chi connectivity index (χ4v) is 4.35. The topological polar surface area (TPSA) is 49.4 Å². The van der Waals surface area contributed by atoms with Crippen LogP contribution < -0.4 is 5.32 Å². The van der Waals surface area contributed by atoms with E-state index in [0.29, 0.717) is 29.4 Å². The zero-order valence-electron chi connectivity index (χ0n) is 17.9. The lowest BCUT2D eigenvalue weighted by Gasteiger charge is -2.31. The van der Waals surface area contributed by atoms with Crippen LogP contribution in [0.1, 0.15) is 56.6 Å². The summed E-state index contributed by atoms with van der Waals surface area (Å²) in [5.41, 5.74) is 1.95. The van der Waals surface area contributed by atoms with E-state index in [1.807, 2.05) is 36.4 Å². The number of hydrogen-bond acceptors (Lipinski definition) is 2. The first-order valence-electron chi connectivity index (χ1n) is 11.0. The molecule has 166 valence electrons. The van der Waals surface area contributed by atoms with Crippen molar-refractivity contribution < 1.29 is 9.59 Å². The maximum atomic E-state index is 13.2. The molecular weight excluding hydrogens is 431 g/mol. The Bertz CT molecular complexity index is 882. The smallest absolute Gasteiger partial charge is 0.242 e. The largest absolute Gasteiger partial charge is 0.352 e. The first kappa shape index (κ1) is 23.6. The number of amides is 2. The Balaban J connectivity index is 1.72. The van der Waals surface area contributed by atoms with E-state index in [-0.39, 0.29) is 17.9 Å². The molecule has 0 aliphatic heterocycles. The van der Waals surface area contributed by atoms with Gasteiger partial charge in [0.1, 0.15) is 6.04 Å². The van der Waals surface area contributed by atoms with Crippen LogP contribution in [0.3, 0.4) is 0 Å². The summed E-state index contributed by atoms with van der Waals surface area (Å²) in [5, 5.41) is 4.06. The number of rotatable bonds is 8. The maximum absolute atomic E-state index is 13.2. The molecule has 1 aliphatic carbocycles. The minimum Gasteiger partial charge on any atom is -0.352 e. The van der Waals surface area contributed by atoms with Crippen LogP contribution in [-0.4, -0.2) is 28.8 Å². The second kappa shape index (κ2) is 11.5. The van der Waals surface area contributed by atoms with Crippen molar-refractivity contribution in [3.05, 3.63) is 69.7 Å². The van der Waals surface area contributed by atoms with E-state index in [2.05, 4.69) is 5.32 Å². The molecule has 1 saturated carbocycles. The van der Waals surface area contributed by atoms with Crippen LogP contribution in [0, 0.1) is 0 Å². The monoisotopic (exact) mass is 460 g/mol. The van der Waals surface area contributed by atoms with Gasteiger partial charge in [-0.15, -0.1) is 0 Å². The van der Waals surface area contributed by atoms with Gasteiger partial charge in [0, 0.05) is 19.0 Å². The predicted octanol–water partition coefficient (Wildman–Crippen LogP) is 5.79. The van der Waals surface area contributed by atoms with E-state index >= 15 is 0 Å². The van der Waals surface area contributed by atoms with Gasteiger partial charge in [0.2, 0.25) is 11.8 Å². The summed E-state index contributed by atoms with van der Waals surface area (Å²) in [6.07, 6.45) is 6.50. The first-order chi connectivity index (χ1) is 14.9. The molecule has 2 amide bonds. The fraction of sp³-hybridized carbons (Fsp3) is 0.440. The minimum absolute atomic E-state index is 0.0544. The van der Waals surface area contributed by atoms with Gasteiger partial charge in [0.25, 0.3) is 0 Å². The molecule has 3 rings (SSSR count). The molecule has 2 aromatic carbocycles. The highest BCUT2D eigenvalue weighted by Crippen LogP contribution is 2.24. The lowest BCUT2D eigenvalue weighted by molar-refractivity contribution is -0.141. The molecule has 1 N–H and O–H groups in total. The van der Waals surface area contributed by atoms with Gasteiger partial charge < -0.3 is 10.2 Å². The van der Waals surface area contributed by atoms with Gasteiger partial charge in [-0.3, -0.25) is 9.59 Å². The summed E-state index contributed by atoms with van der Waals surface area (Å²) in [6, 6.07) is 14.9. The predicted molar refractivity (Wildman–Crippen MR) is 126 cm³/mol. The van der Waals surface area contributed by atoms with Crippen LogP contribution in [0.25, 0.3) is 0 Å². The Labute approximate surface area is 194 Å². The number of aryl methyl sites for hydroxylation is 1. The summed E-state index contributed by atoms with van der Waals surface area (Å²) < 4.78 is 0. The van der Waals surface area contributed by atoms with Gasteiger partial charge in [-0.2, -0.15) is 0 Å². The number of nitrogens with one attached hydrogen (secondary N) is 1. The summed E-state index contributed by atoms with van der Waals surface area (Å²) in [4.78, 5) is 27.8. The van der Waals surface area contributed by atoms with E-state index in [4.69, 9.17) is 23.2 Å². The van der Waals surface area contributed by atoms with E-state index in [1.165, 1.54) is 6.42 Å². The molecule has 0 radical (unpaired) electrons. The Morgan fingerprint density at radius 3 is 2.39 bits per heavy atom. The third-order valence-electron chi connectivity index (χ3n) is 5.93. The normalized spacial score (nSPS) is 15.3. The van der Waals surface area contributed by atoms with Crippen molar-refractivity contribution in [1.29, 1.82) is 0 Å². The SMILES string of the molecule is CC(C(=O)NC1CCCCC1)N(Cc1ccc(Cl)c(Cl)c1)C(=O)CCc1ccccc1. The van der Waals surface area contributed by atoms with Crippen LogP contribution in [0.15, 0.2) is 48.5 Å². The molecule has 6 heteroatoms. The molecule has 0 aromatic heterocycles. The summed E-state index contributed by atoms with van der Waals surface area (Å²) in [6.45, 7) is 2.11. The molecular formula is C25H30Cl2N2O2. The van der Waals surface area contributed by atoms with E-state index in [0.717, 1.165) is 36.8 Å². The number of carbonyl (C=O) groups is 2. The van der Waals surface area contributed by atoms with E-state index in [9.17, 15) is 9.59 Å². The molecule has 1 fully saturated rings. The van der Waals surface area contributed by atoms with Crippen LogP contribution in [0.2, 0.25) is 10.0 Å². The summed E-state index contributed by atoms with van der Waals surface area (Å²) in [7, 11) is 0. The molecule has 4 nitrogen and oxygen atoms in total. The molecule has 0 spiro atoms. The number of carbonyl (C=O) groups excluding carboxylic acids is 2. The van der Waals surface area contributed by atoms with E-state index < -0.39 is 6.04 Å². The highest BCUT2D eigenvalue weighted by Gasteiger charge is 2.28. The Hall–Kier alpha value is -2.04. The Kier molecular flexibility index (Phi) is 8.79. The number of hydrogen-bond donors (Lipinski definition) is 1. The van der Waals surface area contributed by atoms with Gasteiger partial charge in [0.05, 0.1) is 10.0 Å². The zero-order chi connectivity index (χ0) is 22.2. The van der Waals surface area contributed by atoms with Crippen molar-refractivity contribution in [2.45, 2.75) is 70.5 Å². The number of nitrogens with zero attached hydrogens (tertiary/aromatic N) is 1. The zero-order valence-corrected chi connectivity index (χ0v) is 19.5. The summed E-state index contributed by atoms with van der Waals surface area (Å²) >= 11 is 12.2. The lowest BCUT2D eigenvalue weighted by atomic mass is 9.95. The van der Waals surface area contributed by atoms with Gasteiger partial charge in [0.15, 0.2) is 0 Å². The maximum Gasteiger partial charge on any atom is 0.242 e. The minimum atomic E-state index is -0.570. The van der Waals surface area contributed by atoms with Crippen molar-refractivity contribution in [3.8, 4) is 0 Å². The Morgan fingerprint density at radius 1 is 1.00 bits per heavy atom. The van der Waals surface area contributed by atoms with Crippen molar-refractivity contribution in [1.82, 2.24) is 10.2 Å². The molecule has 0 heterocycles. The van der Waals surface area contributed by atoms with Crippen molar-refractivity contribution in [2.24, 2.45) is 0 Å². The van der Waals surface area contributed by atoms with Gasteiger partial charge in [-0.05, 0) is 49.4 Å².